The number of anilines is 1. The predicted molar refractivity (Wildman–Crippen MR) is 137 cm³/mol. The highest BCUT2D eigenvalue weighted by Gasteiger charge is 2.24. The molecule has 0 unspecified atom stereocenters. The number of sulfone groups is 1. The number of nitrogens with one attached hydrogen (secondary N) is 1. The van der Waals surface area contributed by atoms with Crippen LogP contribution in [0, 0.1) is 11.6 Å². The van der Waals surface area contributed by atoms with E-state index in [-0.39, 0.29) is 21.9 Å². The number of hydrogen-bond acceptors (Lipinski definition) is 5. The molecule has 1 amide bonds. The van der Waals surface area contributed by atoms with E-state index in [1.807, 2.05) is 18.2 Å². The van der Waals surface area contributed by atoms with Gasteiger partial charge in [0.1, 0.15) is 0 Å². The van der Waals surface area contributed by atoms with Gasteiger partial charge in [-0.2, -0.15) is 0 Å². The molecule has 1 aliphatic heterocycles. The zero-order valence-electron chi connectivity index (χ0n) is 20.6. The lowest BCUT2D eigenvalue weighted by Crippen LogP contribution is -2.33. The first-order valence-corrected chi connectivity index (χ1v) is 13.8. The van der Waals surface area contributed by atoms with E-state index in [2.05, 4.69) is 16.3 Å². The Balaban J connectivity index is 1.48. The summed E-state index contributed by atoms with van der Waals surface area (Å²) in [5.41, 5.74) is 2.53. The molecule has 0 bridgehead atoms. The van der Waals surface area contributed by atoms with Gasteiger partial charge in [-0.15, -0.1) is 0 Å². The molecule has 1 fully saturated rings. The maximum absolute atomic E-state index is 13.6. The van der Waals surface area contributed by atoms with E-state index in [4.69, 9.17) is 0 Å². The zero-order valence-corrected chi connectivity index (χ0v) is 21.4. The minimum atomic E-state index is -3.65. The summed E-state index contributed by atoms with van der Waals surface area (Å²) in [7, 11) is -3.65. The van der Waals surface area contributed by atoms with Crippen LogP contribution in [0.15, 0.2) is 65.6 Å². The van der Waals surface area contributed by atoms with Crippen LogP contribution in [-0.4, -0.2) is 44.4 Å². The fourth-order valence-corrected chi connectivity index (χ4v) is 5.66. The second-order valence-corrected chi connectivity index (χ2v) is 11.4. The second-order valence-electron chi connectivity index (χ2n) is 9.41. The van der Waals surface area contributed by atoms with Gasteiger partial charge >= 0.3 is 0 Å². The fraction of sp³-hybridized carbons (Fsp3) is 0.286. The number of rotatable bonds is 7. The van der Waals surface area contributed by atoms with Gasteiger partial charge < -0.3 is 5.32 Å². The number of benzene rings is 3. The van der Waals surface area contributed by atoms with Gasteiger partial charge in [-0.1, -0.05) is 24.3 Å². The normalized spacial score (nSPS) is 14.9. The summed E-state index contributed by atoms with van der Waals surface area (Å²) in [5.74, 6) is -2.58. The van der Waals surface area contributed by atoms with Gasteiger partial charge in [-0.25, -0.2) is 17.2 Å². The maximum atomic E-state index is 13.6. The molecule has 3 aromatic rings. The molecule has 0 saturated carbocycles. The highest BCUT2D eigenvalue weighted by Crippen LogP contribution is 2.31. The Hall–Kier alpha value is -3.43. The van der Waals surface area contributed by atoms with Crippen LogP contribution in [0.4, 0.5) is 14.5 Å². The van der Waals surface area contributed by atoms with Crippen molar-refractivity contribution in [3.63, 3.8) is 0 Å². The summed E-state index contributed by atoms with van der Waals surface area (Å²) in [6.45, 7) is 3.39. The maximum Gasteiger partial charge on any atom is 0.221 e. The largest absolute Gasteiger partial charge is 0.326 e. The summed E-state index contributed by atoms with van der Waals surface area (Å²) >= 11 is 0. The minimum Gasteiger partial charge on any atom is -0.326 e. The predicted octanol–water partition coefficient (Wildman–Crippen LogP) is 4.94. The molecule has 0 atom stereocenters. The molecule has 6 nitrogen and oxygen atoms in total. The third kappa shape index (κ3) is 6.47. The Morgan fingerprint density at radius 1 is 0.946 bits per heavy atom. The van der Waals surface area contributed by atoms with E-state index < -0.39 is 27.3 Å². The number of ketones is 1. The molecule has 9 heteroatoms. The van der Waals surface area contributed by atoms with Crippen LogP contribution in [0.1, 0.15) is 52.7 Å². The van der Waals surface area contributed by atoms with Gasteiger partial charge in [0.25, 0.3) is 0 Å². The van der Waals surface area contributed by atoms with E-state index >= 15 is 0 Å². The van der Waals surface area contributed by atoms with Gasteiger partial charge in [0.15, 0.2) is 27.3 Å². The van der Waals surface area contributed by atoms with Crippen LogP contribution in [0.5, 0.6) is 0 Å². The highest BCUT2D eigenvalue weighted by atomic mass is 32.2. The molecule has 0 aliphatic carbocycles. The second kappa shape index (κ2) is 10.9. The van der Waals surface area contributed by atoms with Crippen molar-refractivity contribution in [2.24, 2.45) is 0 Å². The lowest BCUT2D eigenvalue weighted by atomic mass is 9.89. The quantitative estimate of drug-likeness (QED) is 0.441. The summed E-state index contributed by atoms with van der Waals surface area (Å²) < 4.78 is 52.0. The Labute approximate surface area is 215 Å². The number of piperidine rings is 1. The van der Waals surface area contributed by atoms with E-state index in [0.29, 0.717) is 18.0 Å². The molecule has 0 radical (unpaired) electrons. The Bertz CT molecular complexity index is 1450. The van der Waals surface area contributed by atoms with Crippen LogP contribution in [0.2, 0.25) is 0 Å². The molecular formula is C28H28F2N2O4S. The highest BCUT2D eigenvalue weighted by molar-refractivity contribution is 7.90. The molecule has 0 aromatic heterocycles. The molecule has 1 aliphatic rings. The van der Waals surface area contributed by atoms with Crippen molar-refractivity contribution >= 4 is 27.2 Å². The molecule has 37 heavy (non-hydrogen) atoms. The van der Waals surface area contributed by atoms with Crippen LogP contribution < -0.4 is 5.32 Å². The van der Waals surface area contributed by atoms with Gasteiger partial charge in [0.2, 0.25) is 5.91 Å². The number of carbonyl (C=O) groups excluding carboxylic acids is 2. The van der Waals surface area contributed by atoms with Crippen LogP contribution in [0.25, 0.3) is 0 Å². The molecule has 1 N–H and O–H groups in total. The number of likely N-dealkylation sites (tertiary alicyclic amines) is 1. The Kier molecular flexibility index (Phi) is 7.85. The topological polar surface area (TPSA) is 83.6 Å². The third-order valence-corrected chi connectivity index (χ3v) is 7.75. The van der Waals surface area contributed by atoms with Crippen LogP contribution in [0.3, 0.4) is 0 Å². The average Bonchev–Trinajstić information content (AvgIpc) is 2.85. The summed E-state index contributed by atoms with van der Waals surface area (Å²) in [6, 6.07) is 15.1. The molecule has 1 heterocycles. The van der Waals surface area contributed by atoms with E-state index in [1.165, 1.54) is 25.1 Å². The van der Waals surface area contributed by atoms with Gasteiger partial charge in [0, 0.05) is 36.5 Å². The zero-order chi connectivity index (χ0) is 26.7. The van der Waals surface area contributed by atoms with Crippen molar-refractivity contribution in [2.75, 3.05) is 24.7 Å². The summed E-state index contributed by atoms with van der Waals surface area (Å²) in [5, 5.41) is 2.81. The van der Waals surface area contributed by atoms with Crippen LogP contribution >= 0.6 is 0 Å². The fourth-order valence-electron chi connectivity index (χ4n) is 4.71. The number of halogens is 2. The molecule has 1 saturated heterocycles. The van der Waals surface area contributed by atoms with E-state index in [9.17, 15) is 26.8 Å². The van der Waals surface area contributed by atoms with Crippen LogP contribution in [-0.2, 0) is 21.2 Å². The Morgan fingerprint density at radius 3 is 2.27 bits per heavy atom. The average molecular weight is 527 g/mol. The number of carbonyl (C=O) groups is 2. The van der Waals surface area contributed by atoms with Crippen molar-refractivity contribution in [3.8, 4) is 0 Å². The molecule has 194 valence electrons. The van der Waals surface area contributed by atoms with Crippen molar-refractivity contribution in [3.05, 3.63) is 94.6 Å². The SMILES string of the molecule is CC(=O)Nc1cccc(C2CCN(Cc3ccc(C(=O)c4ccc(F)c(F)c4)cc3S(C)(=O)=O)CC2)c1. The van der Waals surface area contributed by atoms with E-state index in [1.54, 1.807) is 6.07 Å². The Morgan fingerprint density at radius 2 is 1.62 bits per heavy atom. The molecule has 4 rings (SSSR count). The van der Waals surface area contributed by atoms with Gasteiger partial charge in [-0.3, -0.25) is 14.5 Å². The number of amides is 1. The van der Waals surface area contributed by atoms with Gasteiger partial charge in [-0.05, 0) is 79.4 Å². The minimum absolute atomic E-state index is 0.0473. The third-order valence-electron chi connectivity index (χ3n) is 6.57. The smallest absolute Gasteiger partial charge is 0.221 e. The summed E-state index contributed by atoms with van der Waals surface area (Å²) in [4.78, 5) is 26.4. The lowest BCUT2D eigenvalue weighted by Gasteiger charge is -2.32. The molecule has 3 aromatic carbocycles. The van der Waals surface area contributed by atoms with Crippen molar-refractivity contribution in [1.29, 1.82) is 0 Å². The first-order valence-electron chi connectivity index (χ1n) is 11.9. The first kappa shape index (κ1) is 26.6. The first-order chi connectivity index (χ1) is 17.5. The molecule has 0 spiro atoms. The molecular weight excluding hydrogens is 498 g/mol. The van der Waals surface area contributed by atoms with E-state index in [0.717, 1.165) is 55.6 Å². The lowest BCUT2D eigenvalue weighted by molar-refractivity contribution is -0.114. The summed E-state index contributed by atoms with van der Waals surface area (Å²) in [6.07, 6.45) is 2.85. The van der Waals surface area contributed by atoms with Crippen molar-refractivity contribution in [2.45, 2.75) is 37.1 Å². The number of hydrogen-bond donors (Lipinski definition) is 1. The number of nitrogens with zero attached hydrogens (tertiary/aromatic N) is 1. The van der Waals surface area contributed by atoms with Crippen molar-refractivity contribution in [1.82, 2.24) is 4.90 Å². The van der Waals surface area contributed by atoms with Gasteiger partial charge in [0.05, 0.1) is 4.90 Å². The monoisotopic (exact) mass is 526 g/mol. The standard InChI is InChI=1S/C28H28F2N2O4S/c1-18(33)31-24-5-3-4-20(14-24)19-10-12-32(13-11-19)17-23-7-6-22(16-27(23)37(2,35)36)28(34)21-8-9-25(29)26(30)15-21/h3-9,14-16,19H,10-13,17H2,1-2H3,(H,31,33). The van der Waals surface area contributed by atoms with Crippen molar-refractivity contribution < 1.29 is 26.8 Å².